The van der Waals surface area contributed by atoms with Crippen LogP contribution in [-0.4, -0.2) is 37.5 Å². The van der Waals surface area contributed by atoms with E-state index >= 15 is 0 Å². The molecule has 0 aromatic heterocycles. The fourth-order valence-corrected chi connectivity index (χ4v) is 5.16. The third kappa shape index (κ3) is 2.54. The molecule has 3 aliphatic rings. The van der Waals surface area contributed by atoms with Gasteiger partial charge in [-0.2, -0.15) is 0 Å². The molecule has 2 unspecified atom stereocenters. The Morgan fingerprint density at radius 2 is 1.80 bits per heavy atom. The van der Waals surface area contributed by atoms with Crippen LogP contribution >= 0.6 is 0 Å². The van der Waals surface area contributed by atoms with Gasteiger partial charge in [-0.1, -0.05) is 18.2 Å². The number of carbonyl (C=O) groups excluding carboxylic acids is 3. The van der Waals surface area contributed by atoms with Gasteiger partial charge in [0.15, 0.2) is 5.41 Å². The summed E-state index contributed by atoms with van der Waals surface area (Å²) in [5.41, 5.74) is 1.14. The summed E-state index contributed by atoms with van der Waals surface area (Å²) in [6, 6.07) is 13.7. The maximum absolute atomic E-state index is 13.9. The largest absolute Gasteiger partial charge is 0.497 e. The Hall–Kier alpha value is -3.35. The number of ether oxygens (including phenoxy) is 1. The molecule has 7 nitrogen and oxygen atoms in total. The van der Waals surface area contributed by atoms with Crippen molar-refractivity contribution < 1.29 is 19.1 Å². The molecule has 2 atom stereocenters. The number of amides is 4. The number of carbonyl (C=O) groups is 3. The van der Waals surface area contributed by atoms with Crippen LogP contribution < -0.4 is 19.9 Å². The Morgan fingerprint density at radius 3 is 2.57 bits per heavy atom. The average molecular weight is 405 g/mol. The molecular weight excluding hydrogens is 382 g/mol. The number of hydrogen-bond acceptors (Lipinski definition) is 5. The van der Waals surface area contributed by atoms with Gasteiger partial charge >= 0.3 is 6.03 Å². The standard InChI is InChI=1S/C23H23N3O4/c1-30-17-11-9-16(10-12-17)26-21(28)23(20(27)24-22(26)29)14-15-6-2-3-7-18(15)25-13-5-4-8-19(23)25/h2-3,6-7,9-12,19H,4-5,8,13-14H2,1H3,(H,24,27,29). The highest BCUT2D eigenvalue weighted by atomic mass is 16.5. The van der Waals surface area contributed by atoms with Crippen LogP contribution in [0.4, 0.5) is 16.2 Å². The van der Waals surface area contributed by atoms with E-state index in [0.29, 0.717) is 11.4 Å². The summed E-state index contributed by atoms with van der Waals surface area (Å²) in [5.74, 6) is -0.319. The maximum Gasteiger partial charge on any atom is 0.335 e. The van der Waals surface area contributed by atoms with Gasteiger partial charge in [0.1, 0.15) is 5.75 Å². The molecule has 1 N–H and O–H groups in total. The van der Waals surface area contributed by atoms with E-state index in [9.17, 15) is 14.4 Å². The fraction of sp³-hybridized carbons (Fsp3) is 0.348. The van der Waals surface area contributed by atoms with Crippen molar-refractivity contribution in [3.8, 4) is 5.75 Å². The summed E-state index contributed by atoms with van der Waals surface area (Å²) in [4.78, 5) is 43.3. The zero-order chi connectivity index (χ0) is 20.9. The minimum atomic E-state index is -1.33. The minimum Gasteiger partial charge on any atom is -0.497 e. The topological polar surface area (TPSA) is 79.0 Å². The highest BCUT2D eigenvalue weighted by Gasteiger charge is 2.62. The van der Waals surface area contributed by atoms with Gasteiger partial charge in [-0.15, -0.1) is 0 Å². The van der Waals surface area contributed by atoms with E-state index < -0.39 is 23.3 Å². The van der Waals surface area contributed by atoms with Crippen LogP contribution in [0.25, 0.3) is 0 Å². The Morgan fingerprint density at radius 1 is 1.03 bits per heavy atom. The van der Waals surface area contributed by atoms with E-state index in [1.54, 1.807) is 31.4 Å². The van der Waals surface area contributed by atoms with Crippen LogP contribution in [0.5, 0.6) is 5.75 Å². The number of fused-ring (bicyclic) bond motifs is 4. The van der Waals surface area contributed by atoms with E-state index in [2.05, 4.69) is 16.3 Å². The number of urea groups is 1. The zero-order valence-corrected chi connectivity index (χ0v) is 16.8. The lowest BCUT2D eigenvalue weighted by molar-refractivity contribution is -0.145. The number of methoxy groups -OCH3 is 1. The number of benzene rings is 2. The molecule has 0 aliphatic carbocycles. The van der Waals surface area contributed by atoms with Crippen molar-refractivity contribution in [3.63, 3.8) is 0 Å². The number of nitrogens with one attached hydrogen (secondary N) is 1. The molecule has 1 spiro atoms. The first-order valence-corrected chi connectivity index (χ1v) is 10.2. The second kappa shape index (κ2) is 6.86. The monoisotopic (exact) mass is 405 g/mol. The molecule has 0 saturated carbocycles. The number of piperidine rings is 1. The normalized spacial score (nSPS) is 25.6. The van der Waals surface area contributed by atoms with Crippen molar-refractivity contribution in [1.29, 1.82) is 0 Å². The summed E-state index contributed by atoms with van der Waals surface area (Å²) in [5, 5.41) is 2.48. The summed E-state index contributed by atoms with van der Waals surface area (Å²) < 4.78 is 5.18. The number of hydrogen-bond donors (Lipinski definition) is 1. The van der Waals surface area contributed by atoms with Crippen LogP contribution in [0.3, 0.4) is 0 Å². The van der Waals surface area contributed by atoms with Crippen molar-refractivity contribution in [2.45, 2.75) is 31.7 Å². The van der Waals surface area contributed by atoms with Gasteiger partial charge in [-0.3, -0.25) is 14.9 Å². The molecule has 154 valence electrons. The Balaban J connectivity index is 1.63. The number of nitrogens with zero attached hydrogens (tertiary/aromatic N) is 2. The fourth-order valence-electron chi connectivity index (χ4n) is 5.16. The molecule has 0 bridgehead atoms. The highest BCUT2D eigenvalue weighted by Crippen LogP contribution is 2.48. The molecule has 4 amide bonds. The molecule has 5 rings (SSSR count). The summed E-state index contributed by atoms with van der Waals surface area (Å²) in [6.45, 7) is 0.792. The van der Waals surface area contributed by atoms with Gasteiger partial charge in [0.25, 0.3) is 5.91 Å². The molecule has 0 radical (unpaired) electrons. The Kier molecular flexibility index (Phi) is 4.27. The first kappa shape index (κ1) is 18.7. The first-order chi connectivity index (χ1) is 14.6. The number of para-hydroxylation sites is 1. The molecule has 3 aliphatic heterocycles. The third-order valence-corrected chi connectivity index (χ3v) is 6.59. The van der Waals surface area contributed by atoms with Gasteiger partial charge in [-0.05, 0) is 61.6 Å². The quantitative estimate of drug-likeness (QED) is 0.778. The molecular formula is C23H23N3O4. The lowest BCUT2D eigenvalue weighted by atomic mass is 9.66. The van der Waals surface area contributed by atoms with Gasteiger partial charge in [0, 0.05) is 12.2 Å². The van der Waals surface area contributed by atoms with Crippen LogP contribution in [0, 0.1) is 5.41 Å². The minimum absolute atomic E-state index is 0.275. The average Bonchev–Trinajstić information content (AvgIpc) is 2.78. The van der Waals surface area contributed by atoms with Gasteiger partial charge in [-0.25, -0.2) is 9.69 Å². The van der Waals surface area contributed by atoms with Crippen LogP contribution in [0.15, 0.2) is 48.5 Å². The first-order valence-electron chi connectivity index (χ1n) is 10.2. The van der Waals surface area contributed by atoms with Gasteiger partial charge in [0.2, 0.25) is 5.91 Å². The van der Waals surface area contributed by atoms with Crippen LogP contribution in [0.2, 0.25) is 0 Å². The second-order valence-corrected chi connectivity index (χ2v) is 8.08. The molecule has 7 heteroatoms. The summed E-state index contributed by atoms with van der Waals surface area (Å²) >= 11 is 0. The highest BCUT2D eigenvalue weighted by molar-refractivity contribution is 6.30. The second-order valence-electron chi connectivity index (χ2n) is 8.08. The SMILES string of the molecule is COc1ccc(N2C(=O)NC(=O)C3(Cc4ccccc4N4CCCCC43)C2=O)cc1. The van der Waals surface area contributed by atoms with Crippen LogP contribution in [-0.2, 0) is 16.0 Å². The van der Waals surface area contributed by atoms with E-state index in [1.807, 2.05) is 18.2 Å². The predicted molar refractivity (Wildman–Crippen MR) is 112 cm³/mol. The predicted octanol–water partition coefficient (Wildman–Crippen LogP) is 2.88. The number of imide groups is 2. The summed E-state index contributed by atoms with van der Waals surface area (Å²) in [6.07, 6.45) is 2.98. The van der Waals surface area contributed by atoms with E-state index in [-0.39, 0.29) is 12.5 Å². The van der Waals surface area contributed by atoms with Crippen molar-refractivity contribution in [2.75, 3.05) is 23.5 Å². The molecule has 2 fully saturated rings. The van der Waals surface area contributed by atoms with Crippen molar-refractivity contribution in [1.82, 2.24) is 5.32 Å². The number of barbiturate groups is 1. The Labute approximate surface area is 174 Å². The Bertz CT molecular complexity index is 1030. The molecule has 3 heterocycles. The molecule has 30 heavy (non-hydrogen) atoms. The van der Waals surface area contributed by atoms with E-state index in [4.69, 9.17) is 4.74 Å². The van der Waals surface area contributed by atoms with Gasteiger partial charge < -0.3 is 9.64 Å². The van der Waals surface area contributed by atoms with Crippen molar-refractivity contribution >= 4 is 29.2 Å². The zero-order valence-electron chi connectivity index (χ0n) is 16.8. The molecule has 2 saturated heterocycles. The lowest BCUT2D eigenvalue weighted by Gasteiger charge is -2.53. The molecule has 2 aromatic rings. The maximum atomic E-state index is 13.9. The van der Waals surface area contributed by atoms with Gasteiger partial charge in [0.05, 0.1) is 18.8 Å². The number of rotatable bonds is 2. The third-order valence-electron chi connectivity index (χ3n) is 6.59. The van der Waals surface area contributed by atoms with Crippen molar-refractivity contribution in [3.05, 3.63) is 54.1 Å². The van der Waals surface area contributed by atoms with Crippen molar-refractivity contribution in [2.24, 2.45) is 5.41 Å². The van der Waals surface area contributed by atoms with E-state index in [1.165, 1.54) is 0 Å². The lowest BCUT2D eigenvalue weighted by Crippen LogP contribution is -2.72. The number of anilines is 2. The molecule has 2 aromatic carbocycles. The van der Waals surface area contributed by atoms with Crippen LogP contribution in [0.1, 0.15) is 24.8 Å². The van der Waals surface area contributed by atoms with E-state index in [0.717, 1.165) is 42.0 Å². The smallest absolute Gasteiger partial charge is 0.335 e. The summed E-state index contributed by atoms with van der Waals surface area (Å²) in [7, 11) is 1.55.